The Kier molecular flexibility index (Phi) is 8.49. The number of imide groups is 1. The fourth-order valence-corrected chi connectivity index (χ4v) is 8.60. The number of benzene rings is 2. The molecule has 3 aliphatic rings. The predicted octanol–water partition coefficient (Wildman–Crippen LogP) is -12.4. The van der Waals surface area contributed by atoms with Crippen molar-refractivity contribution in [2.75, 3.05) is 0 Å². The molecule has 2 aromatic rings. The number of rotatable bonds is 6. The number of carbonyl (C=O) groups is 3. The van der Waals surface area contributed by atoms with Gasteiger partial charge in [0, 0.05) is 33.8 Å². The van der Waals surface area contributed by atoms with E-state index in [4.69, 9.17) is 9.47 Å². The molecule has 0 spiro atoms. The van der Waals surface area contributed by atoms with Crippen LogP contribution in [-0.2, 0) is 32.8 Å². The third-order valence-electron chi connectivity index (χ3n) is 12.1. The number of piperidine rings is 1. The Morgan fingerprint density at radius 1 is 0.723 bits per heavy atom. The van der Waals surface area contributed by atoms with Crippen LogP contribution < -0.4 is 4.74 Å². The second kappa shape index (κ2) is 11.1. The summed E-state index contributed by atoms with van der Waals surface area (Å²) in [7, 11) is 28.7. The van der Waals surface area contributed by atoms with Gasteiger partial charge >= 0.3 is 0 Å². The number of nitrogens with zero attached hydrogens (tertiary/aromatic N) is 3. The first kappa shape index (κ1) is 36.0. The quantitative estimate of drug-likeness (QED) is 0.238. The molecule has 2 fully saturated rings. The van der Waals surface area contributed by atoms with Crippen LogP contribution in [0, 0.1) is 0 Å². The Hall–Kier alpha value is -2.32. The fraction of sp³-hybridized carbons (Fsp3) is 0.400. The molecule has 0 unspecified atom stereocenters. The van der Waals surface area contributed by atoms with Gasteiger partial charge in [0.05, 0.1) is 5.44 Å². The minimum absolute atomic E-state index is 0.209. The van der Waals surface area contributed by atoms with Crippen LogP contribution in [0.4, 0.5) is 0 Å². The Labute approximate surface area is 292 Å². The van der Waals surface area contributed by atoms with Gasteiger partial charge in [0.1, 0.15) is 114 Å². The van der Waals surface area contributed by atoms with Gasteiger partial charge < -0.3 is 24.1 Å². The van der Waals surface area contributed by atoms with Crippen LogP contribution in [0.2, 0.25) is 5.21 Å². The van der Waals surface area contributed by atoms with Gasteiger partial charge in [-0.2, -0.15) is 0 Å². The maximum Gasteiger partial charge on any atom is 0.254 e. The summed E-state index contributed by atoms with van der Waals surface area (Å²) >= 11 is 0. The number of carbonyl (C=O) groups excluding carboxylic acids is 3. The highest BCUT2D eigenvalue weighted by Crippen LogP contribution is 2.49. The summed E-state index contributed by atoms with van der Waals surface area (Å²) in [5, 5.41) is -2.75. The molecular weight excluding hydrogens is 574 g/mol. The molecule has 8 nitrogen and oxygen atoms in total. The van der Waals surface area contributed by atoms with Gasteiger partial charge in [-0.3, -0.25) is 14.4 Å². The average molecular weight is 615 g/mol. The number of ether oxygens (including phenoxy) is 2. The van der Waals surface area contributed by atoms with Crippen molar-refractivity contribution in [3.63, 3.8) is 0 Å². The number of hydrogen-bond donors (Lipinski definition) is 0. The Balaban J connectivity index is 1.37. The second-order valence-corrected chi connectivity index (χ2v) is 17.3. The van der Waals surface area contributed by atoms with Crippen molar-refractivity contribution >= 4 is 128 Å². The molecule has 2 aromatic carbocycles. The number of fused-ring (bicyclic) bond motifs is 1. The molecule has 0 aliphatic carbocycles. The molecule has 0 saturated carbocycles. The molecule has 5 rings (SSSR count). The molecule has 0 N–H and O–H groups in total. The third kappa shape index (κ3) is 5.39. The molecule has 3 amide bonds. The van der Waals surface area contributed by atoms with Crippen LogP contribution >= 0.6 is 0 Å². The molecule has 1 atom stereocenters. The molecule has 228 valence electrons. The van der Waals surface area contributed by atoms with E-state index in [-0.39, 0.29) is 45.6 Å². The van der Waals surface area contributed by atoms with Gasteiger partial charge in [-0.15, -0.1) is 0 Å². The minimum Gasteiger partial charge on any atom is -0.489 e. The zero-order valence-corrected chi connectivity index (χ0v) is 31.0. The smallest absolute Gasteiger partial charge is 0.254 e. The Morgan fingerprint density at radius 3 is 1.81 bits per heavy atom. The second-order valence-electron chi connectivity index (χ2n) is 17.3. The van der Waals surface area contributed by atoms with Crippen LogP contribution in [0.3, 0.4) is 0 Å². The summed E-state index contributed by atoms with van der Waals surface area (Å²) in [6.45, 7) is 1.11. The van der Waals surface area contributed by atoms with Gasteiger partial charge in [0.2, 0.25) is 19.8 Å². The van der Waals surface area contributed by atoms with Crippen molar-refractivity contribution in [2.24, 2.45) is 0 Å². The Morgan fingerprint density at radius 2 is 1.26 bits per heavy atom. The highest BCUT2D eigenvalue weighted by atomic mass is 16.5. The SMILES string of the molecule is BN1C(=O)C(B)(B)C[C@@](B)(N2C(=O)c3cccc(OCc4ccc(CN5C(B)(B)C(B)(B)OC(B)(B)C5(B)B)cc4)c3C2(B)B)C1=O. The van der Waals surface area contributed by atoms with Crippen molar-refractivity contribution in [3.8, 4) is 5.75 Å². The fourth-order valence-electron chi connectivity index (χ4n) is 8.60. The average Bonchev–Trinajstić information content (AvgIpc) is 3.17. The minimum atomic E-state index is -1.20. The van der Waals surface area contributed by atoms with E-state index < -0.39 is 16.0 Å². The summed E-state index contributed by atoms with van der Waals surface area (Å²) < 4.78 is 13.1. The van der Waals surface area contributed by atoms with E-state index in [2.05, 4.69) is 91.9 Å². The van der Waals surface area contributed by atoms with E-state index in [1.54, 1.807) is 18.8 Å². The molecule has 3 aliphatic heterocycles. The lowest BCUT2D eigenvalue weighted by molar-refractivity contribution is -0.149. The van der Waals surface area contributed by atoms with Crippen LogP contribution in [-0.4, -0.2) is 169 Å². The predicted molar refractivity (Wildman–Crippen MR) is 224 cm³/mol. The standard InChI is InChI=1S/C25H41B14N3O5/c26-19(27)10-20(28,18(45)41(39)17(19)44)42-16(43)13-2-1-3-14(15(13)21(42,29)30)46-9-12-6-4-11(5-7-12)8-40-22(31,32)24(35,36)47-25(37,38)23(40,33)34/h1-7H,8-10,26-39H2/t20-/m1/s1. The zero-order valence-electron chi connectivity index (χ0n) is 31.0. The maximum atomic E-state index is 14.1. The summed E-state index contributed by atoms with van der Waals surface area (Å²) in [5.41, 5.74) is 2.31. The van der Waals surface area contributed by atoms with E-state index in [1.807, 2.05) is 43.5 Å². The van der Waals surface area contributed by atoms with E-state index in [0.29, 0.717) is 17.9 Å². The van der Waals surface area contributed by atoms with Gasteiger partial charge in [-0.25, -0.2) is 0 Å². The topological polar surface area (TPSA) is 79.4 Å². The molecule has 22 heteroatoms. The van der Waals surface area contributed by atoms with E-state index in [1.165, 1.54) is 18.4 Å². The van der Waals surface area contributed by atoms with Gasteiger partial charge in [0.25, 0.3) is 5.91 Å². The van der Waals surface area contributed by atoms with Crippen molar-refractivity contribution < 1.29 is 23.9 Å². The van der Waals surface area contributed by atoms with Gasteiger partial charge in [0.15, 0.2) is 0 Å². The maximum absolute atomic E-state index is 14.1. The Bertz CT molecular complexity index is 1630. The lowest BCUT2D eigenvalue weighted by Crippen LogP contribution is -2.85. The number of morpholine rings is 1. The number of amides is 3. The molecule has 0 aromatic heterocycles. The highest BCUT2D eigenvalue weighted by Gasteiger charge is 2.61. The van der Waals surface area contributed by atoms with Gasteiger partial charge in [-0.1, -0.05) is 30.3 Å². The first-order chi connectivity index (χ1) is 21.3. The van der Waals surface area contributed by atoms with E-state index in [0.717, 1.165) is 17.7 Å². The third-order valence-corrected chi connectivity index (χ3v) is 12.1. The van der Waals surface area contributed by atoms with E-state index >= 15 is 0 Å². The molecule has 0 radical (unpaired) electrons. The van der Waals surface area contributed by atoms with Crippen LogP contribution in [0.15, 0.2) is 42.5 Å². The summed E-state index contributed by atoms with van der Waals surface area (Å²) in [6.07, 6.45) is 0.238. The monoisotopic (exact) mass is 617 g/mol. The summed E-state index contributed by atoms with van der Waals surface area (Å²) in [4.78, 5) is 46.1. The largest absolute Gasteiger partial charge is 0.489 e. The summed E-state index contributed by atoms with van der Waals surface area (Å²) in [6, 6.07) is 14.1. The van der Waals surface area contributed by atoms with Crippen LogP contribution in [0.25, 0.3) is 0 Å². The van der Waals surface area contributed by atoms with Crippen LogP contribution in [0.1, 0.15) is 33.5 Å². The molecule has 0 bridgehead atoms. The van der Waals surface area contributed by atoms with Crippen molar-refractivity contribution in [1.82, 2.24) is 14.6 Å². The molecular formula is C25H41B14N3O5. The van der Waals surface area contributed by atoms with Crippen molar-refractivity contribution in [2.45, 2.75) is 57.0 Å². The van der Waals surface area contributed by atoms with E-state index in [9.17, 15) is 14.4 Å². The first-order valence-corrected chi connectivity index (χ1v) is 16.8. The lowest BCUT2D eigenvalue weighted by atomic mass is 9.30. The molecule has 2 saturated heterocycles. The lowest BCUT2D eigenvalue weighted by Gasteiger charge is -2.68. The van der Waals surface area contributed by atoms with Gasteiger partial charge in [-0.05, 0) is 45.6 Å². The zero-order chi connectivity index (χ0) is 35.3. The molecule has 3 heterocycles. The number of hydrogen-bond acceptors (Lipinski definition) is 6. The highest BCUT2D eigenvalue weighted by molar-refractivity contribution is 6.59. The van der Waals surface area contributed by atoms with Crippen LogP contribution in [0.5, 0.6) is 5.75 Å². The normalized spacial score (nSPS) is 26.9. The summed E-state index contributed by atoms with van der Waals surface area (Å²) in [5.74, 6) is -0.213. The van der Waals surface area contributed by atoms with Crippen molar-refractivity contribution in [3.05, 3.63) is 64.7 Å². The first-order valence-electron chi connectivity index (χ1n) is 16.8. The van der Waals surface area contributed by atoms with Crippen molar-refractivity contribution in [1.29, 1.82) is 0 Å². The molecule has 47 heavy (non-hydrogen) atoms.